The second-order valence-electron chi connectivity index (χ2n) is 8.21. The van der Waals surface area contributed by atoms with Gasteiger partial charge in [-0.15, -0.1) is 5.10 Å². The Kier molecular flexibility index (Phi) is 8.33. The van der Waals surface area contributed by atoms with E-state index in [9.17, 15) is 9.59 Å². The summed E-state index contributed by atoms with van der Waals surface area (Å²) in [7, 11) is 0. The summed E-state index contributed by atoms with van der Waals surface area (Å²) in [5.41, 5.74) is 3.18. The van der Waals surface area contributed by atoms with Crippen molar-refractivity contribution in [2.24, 2.45) is 16.1 Å². The Morgan fingerprint density at radius 1 is 1.23 bits per heavy atom. The van der Waals surface area contributed by atoms with Gasteiger partial charge in [-0.25, -0.2) is 0 Å². The largest absolute Gasteiger partial charge is 0.339 e. The van der Waals surface area contributed by atoms with Crippen LogP contribution in [0.15, 0.2) is 58.8 Å². The second kappa shape index (κ2) is 11.4. The first kappa shape index (κ1) is 22.7. The number of rotatable bonds is 8. The van der Waals surface area contributed by atoms with Gasteiger partial charge in [-0.3, -0.25) is 9.59 Å². The van der Waals surface area contributed by atoms with Crippen LogP contribution < -0.4 is 10.6 Å². The number of nitrogens with zero attached hydrogens (tertiary/aromatic N) is 2. The molecule has 1 unspecified atom stereocenters. The number of hydrogen-bond acceptors (Lipinski definition) is 4. The quantitative estimate of drug-likeness (QED) is 0.476. The standard InChI is InChI=1S/C25H32N4O2/c1-3-4-13-23(29-28-18(2)17-19-10-6-5-7-11-19)25(31)27-22-16-15-20-12-8-9-14-21(20)26-24(22)30/h5-10,12,14,19,22H,3-4,11,13,15-17H2,1-2H3,(H,26,30)(H,27,31)/b28-18+,29-23+/t19?,22-/m0/s1. The number of carbonyl (C=O) groups is 2. The van der Waals surface area contributed by atoms with Crippen LogP contribution >= 0.6 is 0 Å². The number of fused-ring (bicyclic) bond motifs is 1. The zero-order chi connectivity index (χ0) is 22.1. The first-order valence-corrected chi connectivity index (χ1v) is 11.2. The van der Waals surface area contributed by atoms with E-state index in [1.807, 2.05) is 31.2 Å². The number of amides is 2. The van der Waals surface area contributed by atoms with Gasteiger partial charge in [-0.05, 0) is 63.0 Å². The third-order valence-corrected chi connectivity index (χ3v) is 5.60. The van der Waals surface area contributed by atoms with Gasteiger partial charge in [0, 0.05) is 11.4 Å². The number of aryl methyl sites for hydroxylation is 1. The molecule has 0 fully saturated rings. The monoisotopic (exact) mass is 420 g/mol. The van der Waals surface area contributed by atoms with E-state index in [4.69, 9.17) is 0 Å². The maximum Gasteiger partial charge on any atom is 0.268 e. The zero-order valence-corrected chi connectivity index (χ0v) is 18.4. The second-order valence-corrected chi connectivity index (χ2v) is 8.21. The zero-order valence-electron chi connectivity index (χ0n) is 18.4. The van der Waals surface area contributed by atoms with Crippen LogP contribution in [0.3, 0.4) is 0 Å². The summed E-state index contributed by atoms with van der Waals surface area (Å²) in [5, 5.41) is 14.4. The summed E-state index contributed by atoms with van der Waals surface area (Å²) in [6.07, 6.45) is 13.9. The Balaban J connectivity index is 1.65. The molecule has 2 aliphatic rings. The van der Waals surface area contributed by atoms with Crippen LogP contribution in [0.1, 0.15) is 57.9 Å². The third-order valence-electron chi connectivity index (χ3n) is 5.60. The van der Waals surface area contributed by atoms with Crippen LogP contribution in [-0.4, -0.2) is 29.3 Å². The molecular formula is C25H32N4O2. The smallest absolute Gasteiger partial charge is 0.268 e. The number of hydrogen-bond donors (Lipinski definition) is 2. The molecule has 0 spiro atoms. The van der Waals surface area contributed by atoms with Crippen molar-refractivity contribution >= 4 is 28.9 Å². The predicted octanol–water partition coefficient (Wildman–Crippen LogP) is 4.59. The fraction of sp³-hybridized carbons (Fsp3) is 0.440. The lowest BCUT2D eigenvalue weighted by molar-refractivity contribution is -0.123. The molecular weight excluding hydrogens is 388 g/mol. The summed E-state index contributed by atoms with van der Waals surface area (Å²) in [6.45, 7) is 4.02. The van der Waals surface area contributed by atoms with Crippen molar-refractivity contribution in [1.29, 1.82) is 0 Å². The lowest BCUT2D eigenvalue weighted by Gasteiger charge is -2.16. The van der Waals surface area contributed by atoms with Gasteiger partial charge in [-0.1, -0.05) is 55.8 Å². The maximum atomic E-state index is 12.9. The molecule has 0 bridgehead atoms. The van der Waals surface area contributed by atoms with E-state index >= 15 is 0 Å². The van der Waals surface area contributed by atoms with Gasteiger partial charge in [0.15, 0.2) is 0 Å². The Labute approximate surface area is 184 Å². The van der Waals surface area contributed by atoms with Crippen molar-refractivity contribution < 1.29 is 9.59 Å². The first-order chi connectivity index (χ1) is 15.1. The lowest BCUT2D eigenvalue weighted by atomic mass is 9.95. The van der Waals surface area contributed by atoms with Gasteiger partial charge in [0.2, 0.25) is 5.91 Å². The molecule has 2 atom stereocenters. The molecule has 2 N–H and O–H groups in total. The van der Waals surface area contributed by atoms with E-state index in [1.165, 1.54) is 0 Å². The Morgan fingerprint density at radius 3 is 2.84 bits per heavy atom. The fourth-order valence-corrected chi connectivity index (χ4v) is 3.79. The van der Waals surface area contributed by atoms with Crippen LogP contribution in [0.5, 0.6) is 0 Å². The van der Waals surface area contributed by atoms with E-state index in [2.05, 4.69) is 52.1 Å². The van der Waals surface area contributed by atoms with Crippen LogP contribution in [0.25, 0.3) is 0 Å². The van der Waals surface area contributed by atoms with Crippen LogP contribution in [0.4, 0.5) is 5.69 Å². The SMILES string of the molecule is CCCC/C(=N\N=C(/C)CC1C=CC=CC1)C(=O)N[C@H]1CCc2ccccc2NC1=O. The van der Waals surface area contributed by atoms with Crippen molar-refractivity contribution in [2.45, 2.75) is 64.8 Å². The van der Waals surface area contributed by atoms with Gasteiger partial charge < -0.3 is 10.6 Å². The predicted molar refractivity (Wildman–Crippen MR) is 126 cm³/mol. The first-order valence-electron chi connectivity index (χ1n) is 11.2. The summed E-state index contributed by atoms with van der Waals surface area (Å²) in [4.78, 5) is 25.6. The molecule has 0 radical (unpaired) electrons. The molecule has 31 heavy (non-hydrogen) atoms. The highest BCUT2D eigenvalue weighted by Gasteiger charge is 2.26. The number of allylic oxidation sites excluding steroid dienone is 4. The molecule has 1 aromatic carbocycles. The molecule has 0 aromatic heterocycles. The summed E-state index contributed by atoms with van der Waals surface area (Å²) >= 11 is 0. The molecule has 0 saturated carbocycles. The average molecular weight is 421 g/mol. The van der Waals surface area contributed by atoms with E-state index < -0.39 is 6.04 Å². The Bertz CT molecular complexity index is 914. The van der Waals surface area contributed by atoms with Crippen molar-refractivity contribution in [3.63, 3.8) is 0 Å². The number of carbonyl (C=O) groups excluding carboxylic acids is 2. The van der Waals surface area contributed by atoms with Crippen LogP contribution in [0, 0.1) is 5.92 Å². The molecule has 164 valence electrons. The molecule has 1 aliphatic carbocycles. The molecule has 2 amide bonds. The highest BCUT2D eigenvalue weighted by Crippen LogP contribution is 2.21. The minimum Gasteiger partial charge on any atom is -0.339 e. The highest BCUT2D eigenvalue weighted by atomic mass is 16.2. The number of para-hydroxylation sites is 1. The third kappa shape index (κ3) is 6.74. The molecule has 6 nitrogen and oxygen atoms in total. The summed E-state index contributed by atoms with van der Waals surface area (Å²) < 4.78 is 0. The van der Waals surface area contributed by atoms with Crippen molar-refractivity contribution in [3.05, 3.63) is 54.1 Å². The number of benzene rings is 1. The normalized spacial score (nSPS) is 21.3. The summed E-state index contributed by atoms with van der Waals surface area (Å²) in [6, 6.07) is 7.16. The Morgan fingerprint density at radius 2 is 2.06 bits per heavy atom. The highest BCUT2D eigenvalue weighted by molar-refractivity contribution is 6.39. The Hall–Kier alpha value is -3.02. The van der Waals surface area contributed by atoms with Gasteiger partial charge in [0.25, 0.3) is 5.91 Å². The fourth-order valence-electron chi connectivity index (χ4n) is 3.79. The van der Waals surface area contributed by atoms with Crippen LogP contribution in [0.2, 0.25) is 0 Å². The van der Waals surface area contributed by atoms with Crippen molar-refractivity contribution in [3.8, 4) is 0 Å². The van der Waals surface area contributed by atoms with Gasteiger partial charge in [0.05, 0.1) is 0 Å². The van der Waals surface area contributed by atoms with Gasteiger partial charge >= 0.3 is 0 Å². The minimum atomic E-state index is -0.587. The van der Waals surface area contributed by atoms with Crippen molar-refractivity contribution in [2.75, 3.05) is 5.32 Å². The number of nitrogens with one attached hydrogen (secondary N) is 2. The maximum absolute atomic E-state index is 12.9. The molecule has 3 rings (SSSR count). The summed E-state index contributed by atoms with van der Waals surface area (Å²) in [5.74, 6) is -0.0743. The molecule has 0 saturated heterocycles. The molecule has 1 heterocycles. The molecule has 1 aliphatic heterocycles. The van der Waals surface area contributed by atoms with Gasteiger partial charge in [0.1, 0.15) is 11.8 Å². The van der Waals surface area contributed by atoms with E-state index in [-0.39, 0.29) is 11.8 Å². The number of anilines is 1. The van der Waals surface area contributed by atoms with Crippen LogP contribution in [-0.2, 0) is 16.0 Å². The number of unbranched alkanes of at least 4 members (excludes halogenated alkanes) is 1. The van der Waals surface area contributed by atoms with Gasteiger partial charge in [-0.2, -0.15) is 5.10 Å². The van der Waals surface area contributed by atoms with E-state index in [0.29, 0.717) is 24.5 Å². The topological polar surface area (TPSA) is 82.9 Å². The van der Waals surface area contributed by atoms with E-state index in [1.54, 1.807) is 0 Å². The lowest BCUT2D eigenvalue weighted by Crippen LogP contribution is -2.45. The van der Waals surface area contributed by atoms with Crippen molar-refractivity contribution in [1.82, 2.24) is 5.32 Å². The molecule has 6 heteroatoms. The van der Waals surface area contributed by atoms with E-state index in [0.717, 1.165) is 49.1 Å². The average Bonchev–Trinajstić information content (AvgIpc) is 2.93. The minimum absolute atomic E-state index is 0.190. The molecule has 1 aromatic rings.